The number of amides is 1. The lowest BCUT2D eigenvalue weighted by Gasteiger charge is -2.24. The molecule has 0 radical (unpaired) electrons. The monoisotopic (exact) mass is 360 g/mol. The first-order valence-electron chi connectivity index (χ1n) is 9.52. The van der Waals surface area contributed by atoms with Crippen molar-refractivity contribution in [3.63, 3.8) is 0 Å². The third kappa shape index (κ3) is 3.72. The van der Waals surface area contributed by atoms with Gasteiger partial charge >= 0.3 is 0 Å². The molecule has 1 aliphatic carbocycles. The molecule has 0 atom stereocenters. The van der Waals surface area contributed by atoms with Gasteiger partial charge in [-0.1, -0.05) is 49.6 Å². The second kappa shape index (κ2) is 7.66. The number of H-pyrrole nitrogens is 1. The molecule has 27 heavy (non-hydrogen) atoms. The van der Waals surface area contributed by atoms with E-state index in [0.29, 0.717) is 11.6 Å². The number of fused-ring (bicyclic) bond motifs is 1. The lowest BCUT2D eigenvalue weighted by Crippen LogP contribution is -2.22. The van der Waals surface area contributed by atoms with Gasteiger partial charge in [0.25, 0.3) is 0 Å². The molecule has 1 fully saturated rings. The lowest BCUT2D eigenvalue weighted by atomic mass is 9.95. The van der Waals surface area contributed by atoms with Gasteiger partial charge in [-0.25, -0.2) is 4.98 Å². The molecule has 1 saturated carbocycles. The number of hydrogen-bond donors (Lipinski definition) is 3. The topological polar surface area (TPSA) is 83.8 Å². The Labute approximate surface area is 158 Å². The van der Waals surface area contributed by atoms with Crippen molar-refractivity contribution in [1.82, 2.24) is 9.97 Å². The molecule has 0 saturated heterocycles. The third-order valence-electron chi connectivity index (χ3n) is 5.22. The number of aromatic amines is 1. The van der Waals surface area contributed by atoms with Crippen LogP contribution in [0.2, 0.25) is 0 Å². The van der Waals surface area contributed by atoms with Crippen LogP contribution >= 0.6 is 0 Å². The molecule has 0 spiro atoms. The second-order valence-corrected chi connectivity index (χ2v) is 7.09. The summed E-state index contributed by atoms with van der Waals surface area (Å²) < 4.78 is 0. The summed E-state index contributed by atoms with van der Waals surface area (Å²) in [7, 11) is 0. The highest BCUT2D eigenvalue weighted by Gasteiger charge is 2.17. The molecule has 2 heterocycles. The van der Waals surface area contributed by atoms with Crippen LogP contribution in [0, 0.1) is 0 Å². The van der Waals surface area contributed by atoms with Gasteiger partial charge in [-0.3, -0.25) is 4.79 Å². The van der Waals surface area contributed by atoms with E-state index in [1.807, 2.05) is 54.9 Å². The molecule has 1 aromatic carbocycles. The van der Waals surface area contributed by atoms with E-state index in [1.165, 1.54) is 32.1 Å². The molecular formula is C22H24N4O. The van der Waals surface area contributed by atoms with E-state index in [2.05, 4.69) is 15.3 Å². The van der Waals surface area contributed by atoms with Crippen molar-refractivity contribution in [3.05, 3.63) is 59.9 Å². The average Bonchev–Trinajstić information content (AvgIpc) is 3.11. The fourth-order valence-corrected chi connectivity index (χ4v) is 3.85. The van der Waals surface area contributed by atoms with Gasteiger partial charge in [-0.15, -0.1) is 0 Å². The number of primary amides is 1. The number of anilines is 1. The summed E-state index contributed by atoms with van der Waals surface area (Å²) in [4.78, 5) is 19.7. The molecule has 2 aromatic heterocycles. The van der Waals surface area contributed by atoms with Crippen LogP contribution in [0.1, 0.15) is 43.2 Å². The van der Waals surface area contributed by atoms with Crippen molar-refractivity contribution in [2.24, 2.45) is 5.73 Å². The fraction of sp³-hybridized carbons (Fsp3) is 0.273. The zero-order chi connectivity index (χ0) is 18.6. The molecule has 138 valence electrons. The molecule has 5 nitrogen and oxygen atoms in total. The van der Waals surface area contributed by atoms with E-state index in [9.17, 15) is 4.79 Å². The van der Waals surface area contributed by atoms with Crippen LogP contribution in [0.15, 0.2) is 48.8 Å². The highest BCUT2D eigenvalue weighted by Crippen LogP contribution is 2.31. The number of nitrogens with one attached hydrogen (secondary N) is 2. The summed E-state index contributed by atoms with van der Waals surface area (Å²) in [5, 5.41) is 4.69. The minimum absolute atomic E-state index is 0.443. The van der Waals surface area contributed by atoms with Gasteiger partial charge in [0.05, 0.1) is 0 Å². The van der Waals surface area contributed by atoms with Crippen LogP contribution < -0.4 is 11.1 Å². The molecule has 5 heteroatoms. The van der Waals surface area contributed by atoms with Crippen molar-refractivity contribution < 1.29 is 4.79 Å². The van der Waals surface area contributed by atoms with Crippen LogP contribution in [0.4, 0.5) is 5.69 Å². The Balaban J connectivity index is 1.76. The highest BCUT2D eigenvalue weighted by molar-refractivity contribution is 6.24. The van der Waals surface area contributed by atoms with Crippen LogP contribution in [0.3, 0.4) is 0 Å². The number of nitrogens with zero attached hydrogens (tertiary/aromatic N) is 1. The zero-order valence-corrected chi connectivity index (χ0v) is 15.2. The predicted molar refractivity (Wildman–Crippen MR) is 110 cm³/mol. The maximum absolute atomic E-state index is 12.1. The summed E-state index contributed by atoms with van der Waals surface area (Å²) in [6.07, 6.45) is 11.8. The van der Waals surface area contributed by atoms with Crippen molar-refractivity contribution >= 4 is 34.3 Å². The summed E-state index contributed by atoms with van der Waals surface area (Å²) in [5.41, 5.74) is 9.74. The Kier molecular flexibility index (Phi) is 4.92. The van der Waals surface area contributed by atoms with Crippen molar-refractivity contribution in [2.75, 3.05) is 5.32 Å². The Morgan fingerprint density at radius 1 is 1.15 bits per heavy atom. The molecule has 0 aliphatic heterocycles. The molecule has 0 unspecified atom stereocenters. The average molecular weight is 360 g/mol. The van der Waals surface area contributed by atoms with Gasteiger partial charge in [-0.2, -0.15) is 0 Å². The smallest absolute Gasteiger partial charge is 0.249 e. The number of carbonyl (C=O) groups is 1. The van der Waals surface area contributed by atoms with Gasteiger partial charge in [0, 0.05) is 40.6 Å². The normalized spacial score (nSPS) is 15.8. The Bertz CT molecular complexity index is 968. The first kappa shape index (κ1) is 17.3. The third-order valence-corrected chi connectivity index (χ3v) is 5.22. The number of hydrogen-bond acceptors (Lipinski definition) is 3. The van der Waals surface area contributed by atoms with Gasteiger partial charge in [0.2, 0.25) is 5.91 Å². The molecular weight excluding hydrogens is 336 g/mol. The molecule has 3 aromatic rings. The summed E-state index contributed by atoms with van der Waals surface area (Å²) in [6.45, 7) is 0. The number of benzene rings is 1. The number of nitrogens with two attached hydrogens (primary N) is 1. The van der Waals surface area contributed by atoms with E-state index in [4.69, 9.17) is 5.73 Å². The highest BCUT2D eigenvalue weighted by atomic mass is 16.1. The maximum atomic E-state index is 12.1. The SMILES string of the molecule is NC(=O)/C(=C/c1c[nH]c2nccc(NC3CCCCC3)c12)c1ccccc1. The second-order valence-electron chi connectivity index (χ2n) is 7.09. The minimum atomic E-state index is -0.443. The van der Waals surface area contributed by atoms with Gasteiger partial charge in [0.15, 0.2) is 0 Å². The van der Waals surface area contributed by atoms with Crippen molar-refractivity contribution in [1.29, 1.82) is 0 Å². The summed E-state index contributed by atoms with van der Waals surface area (Å²) in [5.74, 6) is -0.443. The Hall–Kier alpha value is -3.08. The lowest BCUT2D eigenvalue weighted by molar-refractivity contribution is -0.112. The van der Waals surface area contributed by atoms with Crippen LogP contribution in [0.5, 0.6) is 0 Å². The van der Waals surface area contributed by atoms with Gasteiger partial charge in [-0.05, 0) is 30.5 Å². The van der Waals surface area contributed by atoms with E-state index >= 15 is 0 Å². The standard InChI is InChI=1S/C22H24N4O/c23-21(27)18(15-7-3-1-4-8-15)13-16-14-25-22-20(16)19(11-12-24-22)26-17-9-5-2-6-10-17/h1,3-4,7-8,11-14,17H,2,5-6,9-10H2,(H2,23,27)(H2,24,25,26)/b18-13+. The van der Waals surface area contributed by atoms with Gasteiger partial charge < -0.3 is 16.0 Å². The van der Waals surface area contributed by atoms with Crippen LogP contribution in [-0.2, 0) is 4.79 Å². The molecule has 1 amide bonds. The molecule has 4 N–H and O–H groups in total. The minimum Gasteiger partial charge on any atom is -0.382 e. The molecule has 0 bridgehead atoms. The van der Waals surface area contributed by atoms with E-state index in [-0.39, 0.29) is 0 Å². The summed E-state index contributed by atoms with van der Waals surface area (Å²) in [6, 6.07) is 12.0. The zero-order valence-electron chi connectivity index (χ0n) is 15.2. The van der Waals surface area contributed by atoms with Crippen LogP contribution in [-0.4, -0.2) is 21.9 Å². The summed E-state index contributed by atoms with van der Waals surface area (Å²) >= 11 is 0. The number of pyridine rings is 1. The Morgan fingerprint density at radius 3 is 2.67 bits per heavy atom. The quantitative estimate of drug-likeness (QED) is 0.592. The Morgan fingerprint density at radius 2 is 1.93 bits per heavy atom. The first-order valence-corrected chi connectivity index (χ1v) is 9.52. The largest absolute Gasteiger partial charge is 0.382 e. The fourth-order valence-electron chi connectivity index (χ4n) is 3.85. The number of carbonyl (C=O) groups excluding carboxylic acids is 1. The first-order chi connectivity index (χ1) is 13.2. The number of rotatable bonds is 5. The van der Waals surface area contributed by atoms with Crippen molar-refractivity contribution in [3.8, 4) is 0 Å². The van der Waals surface area contributed by atoms with E-state index in [1.54, 1.807) is 0 Å². The predicted octanol–water partition coefficient (Wildman–Crippen LogP) is 4.33. The van der Waals surface area contributed by atoms with E-state index < -0.39 is 5.91 Å². The molecule has 4 rings (SSSR count). The van der Waals surface area contributed by atoms with Crippen LogP contribution in [0.25, 0.3) is 22.7 Å². The molecule has 1 aliphatic rings. The number of aromatic nitrogens is 2. The maximum Gasteiger partial charge on any atom is 0.249 e. The van der Waals surface area contributed by atoms with Crippen molar-refractivity contribution in [2.45, 2.75) is 38.1 Å². The van der Waals surface area contributed by atoms with E-state index in [0.717, 1.165) is 27.8 Å². The van der Waals surface area contributed by atoms with Gasteiger partial charge in [0.1, 0.15) is 5.65 Å².